The molecule has 33 heavy (non-hydrogen) atoms. The highest BCUT2D eigenvalue weighted by Crippen LogP contribution is 2.32. The van der Waals surface area contributed by atoms with Crippen molar-refractivity contribution in [3.8, 4) is 5.75 Å². The van der Waals surface area contributed by atoms with Gasteiger partial charge in [-0.2, -0.15) is 13.2 Å². The summed E-state index contributed by atoms with van der Waals surface area (Å²) >= 11 is 0. The molecule has 1 aromatic heterocycles. The molecule has 9 heteroatoms. The van der Waals surface area contributed by atoms with Gasteiger partial charge in [-0.25, -0.2) is 4.98 Å². The molecule has 1 aliphatic heterocycles. The van der Waals surface area contributed by atoms with Crippen molar-refractivity contribution in [1.82, 2.24) is 14.9 Å². The Morgan fingerprint density at radius 1 is 1.21 bits per heavy atom. The number of carboxylic acids is 1. The first-order valence-electron chi connectivity index (χ1n) is 10.8. The fourth-order valence-corrected chi connectivity index (χ4v) is 4.65. The number of alkyl halides is 3. The number of imidazole rings is 1. The first-order valence-corrected chi connectivity index (χ1v) is 10.8. The van der Waals surface area contributed by atoms with Gasteiger partial charge in [0.15, 0.2) is 0 Å². The number of aliphatic carboxylic acids is 1. The number of nitrogens with zero attached hydrogens (tertiary/aromatic N) is 2. The number of hydrogen-bond donors (Lipinski definition) is 2. The standard InChI is InChI=1S/C24H26F3N3O3/c1-33-20-4-2-3-19-23(20)29-21(28-19)11-17-14-30(10-9-16(17)12-22(31)32)13-15-5-7-18(8-6-15)24(25,26)27/h2-8,16-17H,9-14H2,1H3,(H,28,29)(H,31,32). The van der Waals surface area contributed by atoms with Crippen LogP contribution in [0.1, 0.15) is 29.8 Å². The number of nitrogens with one attached hydrogen (secondary N) is 1. The maximum absolute atomic E-state index is 12.8. The van der Waals surface area contributed by atoms with Crippen LogP contribution in [0, 0.1) is 11.8 Å². The third kappa shape index (κ3) is 5.47. The number of aromatic nitrogens is 2. The zero-order chi connectivity index (χ0) is 23.6. The molecule has 2 N–H and O–H groups in total. The van der Waals surface area contributed by atoms with Crippen LogP contribution in [0.3, 0.4) is 0 Å². The molecule has 0 amide bonds. The third-order valence-corrected chi connectivity index (χ3v) is 6.30. The van der Waals surface area contributed by atoms with Crippen LogP contribution in [0.25, 0.3) is 11.0 Å². The SMILES string of the molecule is COc1cccc2[nH]c(CC3CN(Cc4ccc(C(F)(F)F)cc4)CCC3CC(=O)O)nc12. The maximum Gasteiger partial charge on any atom is 0.416 e. The number of aromatic amines is 1. The third-order valence-electron chi connectivity index (χ3n) is 6.30. The lowest BCUT2D eigenvalue weighted by atomic mass is 9.81. The van der Waals surface area contributed by atoms with Crippen LogP contribution in [0.4, 0.5) is 13.2 Å². The summed E-state index contributed by atoms with van der Waals surface area (Å²) in [6.07, 6.45) is -2.98. The Balaban J connectivity index is 1.49. The molecule has 1 fully saturated rings. The van der Waals surface area contributed by atoms with Gasteiger partial charge in [0.25, 0.3) is 0 Å². The first-order chi connectivity index (χ1) is 15.7. The van der Waals surface area contributed by atoms with Crippen molar-refractivity contribution < 1.29 is 27.8 Å². The van der Waals surface area contributed by atoms with E-state index in [-0.39, 0.29) is 18.3 Å². The molecule has 2 unspecified atom stereocenters. The molecule has 1 saturated heterocycles. The summed E-state index contributed by atoms with van der Waals surface area (Å²) in [6, 6.07) is 10.9. The van der Waals surface area contributed by atoms with Crippen molar-refractivity contribution in [3.63, 3.8) is 0 Å². The molecule has 0 aliphatic carbocycles. The van der Waals surface area contributed by atoms with Crippen LogP contribution in [0.15, 0.2) is 42.5 Å². The summed E-state index contributed by atoms with van der Waals surface area (Å²) in [4.78, 5) is 21.6. The Kier molecular flexibility index (Phi) is 6.60. The van der Waals surface area contributed by atoms with Crippen LogP contribution in [-0.4, -0.2) is 46.1 Å². The number of likely N-dealkylation sites (tertiary alicyclic amines) is 1. The lowest BCUT2D eigenvalue weighted by Gasteiger charge is -2.38. The molecule has 3 aromatic rings. The Morgan fingerprint density at radius 3 is 2.64 bits per heavy atom. The van der Waals surface area contributed by atoms with E-state index in [1.165, 1.54) is 12.1 Å². The van der Waals surface area contributed by atoms with Gasteiger partial charge in [-0.15, -0.1) is 0 Å². The van der Waals surface area contributed by atoms with E-state index in [1.807, 2.05) is 18.2 Å². The average Bonchev–Trinajstić information content (AvgIpc) is 3.17. The summed E-state index contributed by atoms with van der Waals surface area (Å²) in [7, 11) is 1.59. The second-order valence-electron chi connectivity index (χ2n) is 8.58. The highest BCUT2D eigenvalue weighted by Gasteiger charge is 2.32. The predicted molar refractivity (Wildman–Crippen MR) is 117 cm³/mol. The van der Waals surface area contributed by atoms with Crippen molar-refractivity contribution >= 4 is 17.0 Å². The van der Waals surface area contributed by atoms with E-state index >= 15 is 0 Å². The van der Waals surface area contributed by atoms with Gasteiger partial charge in [0, 0.05) is 25.9 Å². The number of halogens is 3. The summed E-state index contributed by atoms with van der Waals surface area (Å²) < 4.78 is 43.9. The molecule has 1 aliphatic rings. The number of ether oxygens (including phenoxy) is 1. The molecular weight excluding hydrogens is 435 g/mol. The van der Waals surface area contributed by atoms with Crippen LogP contribution < -0.4 is 4.74 Å². The van der Waals surface area contributed by atoms with Gasteiger partial charge in [0.2, 0.25) is 0 Å². The maximum atomic E-state index is 12.8. The number of hydrogen-bond acceptors (Lipinski definition) is 4. The number of rotatable bonds is 7. The first kappa shape index (κ1) is 23.1. The fourth-order valence-electron chi connectivity index (χ4n) is 4.65. The zero-order valence-electron chi connectivity index (χ0n) is 18.2. The van der Waals surface area contributed by atoms with E-state index in [0.717, 1.165) is 34.6 Å². The number of piperidine rings is 1. The monoisotopic (exact) mass is 461 g/mol. The molecule has 0 spiro atoms. The molecule has 0 radical (unpaired) electrons. The Morgan fingerprint density at radius 2 is 1.97 bits per heavy atom. The summed E-state index contributed by atoms with van der Waals surface area (Å²) in [5, 5.41) is 9.38. The quantitative estimate of drug-likeness (QED) is 0.531. The van der Waals surface area contributed by atoms with E-state index in [0.29, 0.717) is 38.2 Å². The molecule has 0 saturated carbocycles. The van der Waals surface area contributed by atoms with Crippen molar-refractivity contribution in [2.24, 2.45) is 11.8 Å². The van der Waals surface area contributed by atoms with Gasteiger partial charge in [0.1, 0.15) is 17.1 Å². The van der Waals surface area contributed by atoms with Crippen molar-refractivity contribution in [2.45, 2.75) is 32.0 Å². The van der Waals surface area contributed by atoms with Crippen LogP contribution in [0.2, 0.25) is 0 Å². The highest BCUT2D eigenvalue weighted by atomic mass is 19.4. The normalized spacial score (nSPS) is 19.6. The predicted octanol–water partition coefficient (Wildman–Crippen LogP) is 4.75. The number of benzene rings is 2. The van der Waals surface area contributed by atoms with Crippen LogP contribution >= 0.6 is 0 Å². The molecular formula is C24H26F3N3O3. The molecule has 0 bridgehead atoms. The molecule has 2 heterocycles. The number of carbonyl (C=O) groups is 1. The minimum absolute atomic E-state index is 0.00135. The number of methoxy groups -OCH3 is 1. The zero-order valence-corrected chi connectivity index (χ0v) is 18.2. The van der Waals surface area contributed by atoms with Gasteiger partial charge in [0.05, 0.1) is 18.2 Å². The molecule has 4 rings (SSSR count). The van der Waals surface area contributed by atoms with E-state index in [9.17, 15) is 23.1 Å². The summed E-state index contributed by atoms with van der Waals surface area (Å²) in [5.74, 6) is 0.667. The number of H-pyrrole nitrogens is 1. The van der Waals surface area contributed by atoms with E-state index in [2.05, 4.69) is 14.9 Å². The molecule has 176 valence electrons. The fraction of sp³-hybridized carbons (Fsp3) is 0.417. The van der Waals surface area contributed by atoms with E-state index in [4.69, 9.17) is 4.74 Å². The van der Waals surface area contributed by atoms with Crippen molar-refractivity contribution in [1.29, 1.82) is 0 Å². The topological polar surface area (TPSA) is 78.5 Å². The van der Waals surface area contributed by atoms with Crippen molar-refractivity contribution in [2.75, 3.05) is 20.2 Å². The van der Waals surface area contributed by atoms with Gasteiger partial charge < -0.3 is 14.8 Å². The van der Waals surface area contributed by atoms with Gasteiger partial charge in [-0.05, 0) is 54.6 Å². The summed E-state index contributed by atoms with van der Waals surface area (Å²) in [5.41, 5.74) is 1.73. The van der Waals surface area contributed by atoms with Gasteiger partial charge >= 0.3 is 12.1 Å². The molecule has 2 atom stereocenters. The van der Waals surface area contributed by atoms with Crippen molar-refractivity contribution in [3.05, 3.63) is 59.4 Å². The van der Waals surface area contributed by atoms with Crippen LogP contribution in [-0.2, 0) is 23.9 Å². The lowest BCUT2D eigenvalue weighted by Crippen LogP contribution is -2.41. The average molecular weight is 461 g/mol. The second kappa shape index (κ2) is 9.43. The second-order valence-corrected chi connectivity index (χ2v) is 8.58. The van der Waals surface area contributed by atoms with Gasteiger partial charge in [-0.3, -0.25) is 9.69 Å². The Hall–Kier alpha value is -3.07. The number of para-hydroxylation sites is 1. The van der Waals surface area contributed by atoms with Crippen LogP contribution in [0.5, 0.6) is 5.75 Å². The minimum atomic E-state index is -4.35. The largest absolute Gasteiger partial charge is 0.494 e. The Labute approximate surface area is 189 Å². The smallest absolute Gasteiger partial charge is 0.416 e. The number of fused-ring (bicyclic) bond motifs is 1. The highest BCUT2D eigenvalue weighted by molar-refractivity contribution is 5.81. The number of carboxylic acid groups (broad SMARTS) is 1. The Bertz CT molecular complexity index is 1110. The minimum Gasteiger partial charge on any atom is -0.494 e. The van der Waals surface area contributed by atoms with Gasteiger partial charge in [-0.1, -0.05) is 18.2 Å². The lowest BCUT2D eigenvalue weighted by molar-refractivity contribution is -0.139. The summed E-state index contributed by atoms with van der Waals surface area (Å²) in [6.45, 7) is 1.86. The molecule has 6 nitrogen and oxygen atoms in total. The molecule has 2 aromatic carbocycles. The van der Waals surface area contributed by atoms with E-state index < -0.39 is 17.7 Å². The van der Waals surface area contributed by atoms with E-state index in [1.54, 1.807) is 7.11 Å².